The van der Waals surface area contributed by atoms with Crippen LogP contribution in [0.3, 0.4) is 0 Å². The second kappa shape index (κ2) is 22.8. The molecule has 0 bridgehead atoms. The number of allylic oxidation sites excluding steroid dienone is 4. The number of rotatable bonds is 24. The number of aromatic nitrogens is 2. The summed E-state index contributed by atoms with van der Waals surface area (Å²) in [6, 6.07) is 18.4. The first-order valence-electron chi connectivity index (χ1n) is 22.7. The van der Waals surface area contributed by atoms with Gasteiger partial charge in [-0.05, 0) is 57.4 Å². The molecule has 2 unspecified atom stereocenters. The predicted molar refractivity (Wildman–Crippen MR) is 257 cm³/mol. The first-order chi connectivity index (χ1) is 32.9. The van der Waals surface area contributed by atoms with Gasteiger partial charge in [0.05, 0.1) is 31.7 Å². The fourth-order valence-electron chi connectivity index (χ4n) is 8.92. The smallest absolute Gasteiger partial charge is 0.459 e. The number of nitrogens with two attached hydrogens (primary N) is 1. The van der Waals surface area contributed by atoms with Crippen molar-refractivity contribution in [2.75, 3.05) is 50.1 Å². The van der Waals surface area contributed by atoms with Gasteiger partial charge in [-0.2, -0.15) is 18.2 Å². The lowest BCUT2D eigenvalue weighted by molar-refractivity contribution is -0.438. The number of fused-ring (bicyclic) bond motifs is 2. The van der Waals surface area contributed by atoms with Gasteiger partial charge < -0.3 is 49.7 Å². The number of esters is 1. The molecule has 0 radical (unpaired) electrons. The highest BCUT2D eigenvalue weighted by Gasteiger charge is 2.46. The third-order valence-corrected chi connectivity index (χ3v) is 16.0. The van der Waals surface area contributed by atoms with Crippen molar-refractivity contribution >= 4 is 58.2 Å². The van der Waals surface area contributed by atoms with Gasteiger partial charge in [0.1, 0.15) is 30.8 Å². The Hall–Kier alpha value is -4.66. The van der Waals surface area contributed by atoms with Crippen molar-refractivity contribution in [3.05, 3.63) is 106 Å². The minimum absolute atomic E-state index is 0.0870. The van der Waals surface area contributed by atoms with Crippen LogP contribution in [0.5, 0.6) is 0 Å². The highest BCUT2D eigenvalue weighted by atomic mass is 31.3. The molecular formula is C45H62N6O16P3+. The molecule has 25 heteroatoms. The van der Waals surface area contributed by atoms with E-state index in [1.807, 2.05) is 0 Å². The summed E-state index contributed by atoms with van der Waals surface area (Å²) in [5.74, 6) is -1.02. The van der Waals surface area contributed by atoms with Gasteiger partial charge in [0.2, 0.25) is 11.6 Å². The molecule has 4 heterocycles. The maximum Gasteiger partial charge on any atom is 0.490 e. The Morgan fingerprint density at radius 2 is 1.64 bits per heavy atom. The third kappa shape index (κ3) is 13.8. The Balaban J connectivity index is 0.936. The molecule has 1 fully saturated rings. The van der Waals surface area contributed by atoms with Gasteiger partial charge in [0, 0.05) is 73.1 Å². The first kappa shape index (κ1) is 54.7. The van der Waals surface area contributed by atoms with Crippen molar-refractivity contribution in [3.8, 4) is 0 Å². The Kier molecular flexibility index (Phi) is 17.8. The predicted octanol–water partition coefficient (Wildman–Crippen LogP) is 5.79. The van der Waals surface area contributed by atoms with Crippen molar-refractivity contribution in [2.45, 2.75) is 102 Å². The zero-order valence-corrected chi connectivity index (χ0v) is 42.3. The average Bonchev–Trinajstić information content (AvgIpc) is 3.84. The van der Waals surface area contributed by atoms with E-state index >= 15 is 0 Å². The normalized spacial score (nSPS) is 21.7. The Labute approximate surface area is 405 Å². The number of amides is 1. The molecule has 1 aromatic heterocycles. The number of nitrogens with zero attached hydrogens (tertiary/aromatic N) is 4. The van der Waals surface area contributed by atoms with Gasteiger partial charge in [-0.1, -0.05) is 56.3 Å². The van der Waals surface area contributed by atoms with Crippen molar-refractivity contribution in [1.29, 1.82) is 0 Å². The Morgan fingerprint density at radius 1 is 0.929 bits per heavy atom. The number of carbonyl (C=O) groups excluding carboxylic acids is 2. The van der Waals surface area contributed by atoms with Gasteiger partial charge in [0.15, 0.2) is 5.71 Å². The van der Waals surface area contributed by atoms with Crippen molar-refractivity contribution < 1.29 is 74.8 Å². The summed E-state index contributed by atoms with van der Waals surface area (Å²) in [5, 5.41) is 2.83. The van der Waals surface area contributed by atoms with Gasteiger partial charge >= 0.3 is 35.1 Å². The fraction of sp³-hybridized carbons (Fsp3) is 0.489. The van der Waals surface area contributed by atoms with Crippen LogP contribution in [0, 0.1) is 0 Å². The number of benzene rings is 2. The summed E-state index contributed by atoms with van der Waals surface area (Å²) < 4.78 is 67.4. The van der Waals surface area contributed by atoms with Crippen LogP contribution >= 0.6 is 23.5 Å². The molecule has 382 valence electrons. The number of para-hydroxylation sites is 2. The third-order valence-electron chi connectivity index (χ3n) is 12.2. The molecule has 1 amide bonds. The largest absolute Gasteiger partial charge is 0.490 e. The van der Waals surface area contributed by atoms with Crippen LogP contribution in [-0.4, -0.2) is 103 Å². The highest BCUT2D eigenvalue weighted by molar-refractivity contribution is 7.66. The number of phosphoric acid groups is 3. The van der Waals surface area contributed by atoms with E-state index in [1.54, 1.807) is 0 Å². The van der Waals surface area contributed by atoms with Crippen molar-refractivity contribution in [1.82, 2.24) is 14.9 Å². The monoisotopic (exact) mass is 1040 g/mol. The number of carbonyl (C=O) groups is 2. The van der Waals surface area contributed by atoms with E-state index < -0.39 is 60.2 Å². The summed E-state index contributed by atoms with van der Waals surface area (Å²) in [6.45, 7) is 12.2. The van der Waals surface area contributed by atoms with Crippen LogP contribution in [0.2, 0.25) is 0 Å². The molecule has 3 aromatic rings. The van der Waals surface area contributed by atoms with E-state index in [0.29, 0.717) is 12.8 Å². The van der Waals surface area contributed by atoms with Gasteiger partial charge in [-0.3, -0.25) is 18.7 Å². The number of nitrogen functional groups attached to an aromatic ring is 1. The van der Waals surface area contributed by atoms with Crippen molar-refractivity contribution in [3.63, 3.8) is 0 Å². The molecule has 22 nitrogen and oxygen atoms in total. The SMILES string of the molecule is CCN1/C(=C/C=C/C2=[N+](CCCCCC(=O)NCCOCCC(=O)O[C@H]3C[C@H](n4ccc(N)nc4=O)O[C@@H]3COP(=O)(O)OP(=O)(O)OP(=O)(O)O)c3ccccc3C2(C)C)C(C)(C)c2ccccc21. The zero-order chi connectivity index (χ0) is 51.1. The number of ether oxygens (including phenoxy) is 3. The fourth-order valence-corrected chi connectivity index (χ4v) is 12.0. The highest BCUT2D eigenvalue weighted by Crippen LogP contribution is 2.66. The number of unbranched alkanes of at least 4 members (excludes halogenated alkanes) is 2. The molecular weight excluding hydrogens is 973 g/mol. The number of hydrogen-bond donors (Lipinski definition) is 6. The molecule has 0 aliphatic carbocycles. The molecule has 6 rings (SSSR count). The van der Waals surface area contributed by atoms with Crippen LogP contribution in [-0.2, 0) is 61.5 Å². The van der Waals surface area contributed by atoms with Gasteiger partial charge in [0.25, 0.3) is 0 Å². The second-order valence-electron chi connectivity index (χ2n) is 17.8. The molecule has 1 saturated heterocycles. The lowest BCUT2D eigenvalue weighted by atomic mass is 9.81. The standard InChI is InChI=1S/C45H61N6O16P3/c1-6-49-33-17-11-9-15-31(33)44(2,3)37(49)19-14-20-38-45(4,5)32-16-10-12-18-34(32)50(38)25-13-7-8-21-40(52)47-24-28-62-27-23-42(53)65-35-29-41(51-26-22-39(46)48-43(51)54)64-36(35)30-63-69(58,59)67-70(60,61)66-68(55,56)57/h9-12,14-20,22,26,35-36,41H,6-8,13,21,23-25,27-30H2,1-5H3,(H6-,46,47,48,52,54,55,56,57,58,59,60,61)/p+1/t35-,36+,41+/m0/s1. The molecule has 0 spiro atoms. The average molecular weight is 1040 g/mol. The topological polar surface area (TPSA) is 301 Å². The molecule has 7 N–H and O–H groups in total. The molecule has 2 aromatic carbocycles. The van der Waals surface area contributed by atoms with Gasteiger partial charge in [-0.25, -0.2) is 18.5 Å². The minimum atomic E-state index is -5.81. The number of anilines is 2. The maximum absolute atomic E-state index is 12.8. The molecule has 3 aliphatic rings. The maximum atomic E-state index is 12.8. The van der Waals surface area contributed by atoms with E-state index in [-0.39, 0.29) is 55.2 Å². The number of hydrogen-bond acceptors (Lipinski definition) is 15. The van der Waals surface area contributed by atoms with Crippen LogP contribution in [0.4, 0.5) is 17.2 Å². The molecule has 3 aliphatic heterocycles. The van der Waals surface area contributed by atoms with Gasteiger partial charge in [-0.15, -0.1) is 0 Å². The van der Waals surface area contributed by atoms with E-state index in [4.69, 9.17) is 34.3 Å². The Bertz CT molecular complexity index is 2700. The van der Waals surface area contributed by atoms with Crippen LogP contribution < -0.4 is 21.6 Å². The minimum Gasteiger partial charge on any atom is -0.459 e. The summed E-state index contributed by atoms with van der Waals surface area (Å²) in [7, 11) is -17.0. The van der Waals surface area contributed by atoms with E-state index in [0.717, 1.165) is 30.5 Å². The quantitative estimate of drug-likeness (QED) is 0.0268. The number of likely N-dealkylation sites (N-methyl/N-ethyl adjacent to an activating group) is 1. The lowest BCUT2D eigenvalue weighted by Gasteiger charge is -2.25. The van der Waals surface area contributed by atoms with Crippen LogP contribution in [0.25, 0.3) is 0 Å². The summed E-state index contributed by atoms with van der Waals surface area (Å²) in [4.78, 5) is 81.0. The molecule has 5 atom stereocenters. The molecule has 0 saturated carbocycles. The summed E-state index contributed by atoms with van der Waals surface area (Å²) >= 11 is 0. The zero-order valence-electron chi connectivity index (χ0n) is 39.6. The molecule has 70 heavy (non-hydrogen) atoms. The number of nitrogens with one attached hydrogen (secondary N) is 1. The number of phosphoric ester groups is 1. The summed E-state index contributed by atoms with van der Waals surface area (Å²) in [6.07, 6.45) is 6.45. The van der Waals surface area contributed by atoms with Crippen LogP contribution in [0.15, 0.2) is 89.5 Å². The second-order valence-corrected chi connectivity index (χ2v) is 22.2. The first-order valence-corrected chi connectivity index (χ1v) is 27.3. The summed E-state index contributed by atoms with van der Waals surface area (Å²) in [5.41, 5.74) is 11.9. The Morgan fingerprint density at radius 3 is 2.36 bits per heavy atom. The van der Waals surface area contributed by atoms with Crippen LogP contribution in [0.1, 0.15) is 90.5 Å². The van der Waals surface area contributed by atoms with E-state index in [9.17, 15) is 37.9 Å². The van der Waals surface area contributed by atoms with Crippen molar-refractivity contribution in [2.24, 2.45) is 0 Å². The van der Waals surface area contributed by atoms with E-state index in [1.165, 1.54) is 46.2 Å². The van der Waals surface area contributed by atoms with E-state index in [2.05, 4.69) is 130 Å². The lowest BCUT2D eigenvalue weighted by Crippen LogP contribution is -2.31.